The van der Waals surface area contributed by atoms with E-state index in [1.807, 2.05) is 0 Å². The van der Waals surface area contributed by atoms with E-state index in [1.165, 1.54) is 0 Å². The molecule has 0 heterocycles. The first-order chi connectivity index (χ1) is 7.38. The molecule has 3 unspecified atom stereocenters. The van der Waals surface area contributed by atoms with E-state index in [-0.39, 0.29) is 12.0 Å². The van der Waals surface area contributed by atoms with Crippen LogP contribution in [0.2, 0.25) is 19.6 Å². The Bertz CT molecular complexity index is 324. The fraction of sp³-hybridized carbons (Fsp3) is 0.900. The van der Waals surface area contributed by atoms with E-state index >= 15 is 0 Å². The van der Waals surface area contributed by atoms with Gasteiger partial charge in [0, 0.05) is 5.92 Å². The molecular weight excluding hydrogens is 436 g/mol. The van der Waals surface area contributed by atoms with Crippen LogP contribution in [0.3, 0.4) is 0 Å². The van der Waals surface area contributed by atoms with Gasteiger partial charge in [-0.05, 0) is 33.0 Å². The second-order valence-corrected chi connectivity index (χ2v) is 17.1. The Morgan fingerprint density at radius 1 is 1.47 bits per heavy atom. The summed E-state index contributed by atoms with van der Waals surface area (Å²) in [7, 11) is -1.73. The van der Waals surface area contributed by atoms with Gasteiger partial charge in [-0.3, -0.25) is 4.79 Å². The average Bonchev–Trinajstić information content (AvgIpc) is 2.71. The molecule has 1 aliphatic rings. The van der Waals surface area contributed by atoms with Crippen LogP contribution in [0.1, 0.15) is 13.3 Å². The molecule has 0 aromatic carbocycles. The number of alkyl halides is 3. The summed E-state index contributed by atoms with van der Waals surface area (Å²) in [5.41, 5.74) is -0.662. The van der Waals surface area contributed by atoms with E-state index in [1.54, 1.807) is 6.92 Å². The van der Waals surface area contributed by atoms with Crippen molar-refractivity contribution in [3.8, 4) is 0 Å². The minimum Gasteiger partial charge on any atom is -0.481 e. The molecule has 0 bridgehead atoms. The zero-order chi connectivity index (χ0) is 13.6. The number of carbonyl (C=O) groups is 1. The van der Waals surface area contributed by atoms with Crippen LogP contribution in [-0.4, -0.2) is 27.6 Å². The van der Waals surface area contributed by atoms with Crippen molar-refractivity contribution in [2.24, 2.45) is 11.3 Å². The highest BCUT2D eigenvalue weighted by atomic mass is 80.0. The second kappa shape index (κ2) is 4.88. The lowest BCUT2D eigenvalue weighted by atomic mass is 10.0. The van der Waals surface area contributed by atoms with Gasteiger partial charge in [0.1, 0.15) is 0 Å². The molecule has 3 atom stereocenters. The van der Waals surface area contributed by atoms with Crippen LogP contribution in [0.5, 0.6) is 0 Å². The SMILES string of the molecule is CC1(C(=O)O)CC1C(O[Si](C)(C)C)C(Br)(Br)Br. The van der Waals surface area contributed by atoms with Crippen LogP contribution in [-0.2, 0) is 9.22 Å². The van der Waals surface area contributed by atoms with Gasteiger partial charge in [0.2, 0.25) is 0 Å². The van der Waals surface area contributed by atoms with Gasteiger partial charge in [0.25, 0.3) is 0 Å². The van der Waals surface area contributed by atoms with Crippen molar-refractivity contribution in [1.29, 1.82) is 0 Å². The third-order valence-electron chi connectivity index (χ3n) is 2.96. The van der Waals surface area contributed by atoms with Crippen molar-refractivity contribution in [2.75, 3.05) is 0 Å². The molecule has 0 aromatic heterocycles. The maximum absolute atomic E-state index is 11.2. The second-order valence-electron chi connectivity index (χ2n) is 5.73. The van der Waals surface area contributed by atoms with Crippen LogP contribution in [0.4, 0.5) is 0 Å². The Labute approximate surface area is 128 Å². The molecule has 3 nitrogen and oxygen atoms in total. The predicted octanol–water partition coefficient (Wildman–Crippen LogP) is 4.16. The molecule has 17 heavy (non-hydrogen) atoms. The summed E-state index contributed by atoms with van der Waals surface area (Å²) < 4.78 is 5.54. The first-order valence-electron chi connectivity index (χ1n) is 5.36. The number of aliphatic carboxylic acids is 1. The highest BCUT2D eigenvalue weighted by molar-refractivity contribution is 9.39. The van der Waals surface area contributed by atoms with Crippen molar-refractivity contribution < 1.29 is 14.3 Å². The Hall–Kier alpha value is 1.09. The van der Waals surface area contributed by atoms with Gasteiger partial charge in [0.15, 0.2) is 10.5 Å². The van der Waals surface area contributed by atoms with E-state index < -0.39 is 21.8 Å². The van der Waals surface area contributed by atoms with Crippen molar-refractivity contribution in [2.45, 2.75) is 41.2 Å². The standard InChI is InChI=1S/C10H17Br3O3Si/c1-9(8(14)15)5-6(9)7(10(11,12)13)16-17(2,3)4/h6-7H,5H2,1-4H3,(H,14,15). The van der Waals surface area contributed by atoms with Crippen LogP contribution >= 0.6 is 47.8 Å². The smallest absolute Gasteiger partial charge is 0.309 e. The summed E-state index contributed by atoms with van der Waals surface area (Å²) in [6.07, 6.45) is 0.456. The molecule has 0 saturated heterocycles. The maximum atomic E-state index is 11.2. The van der Waals surface area contributed by atoms with E-state index in [0.717, 1.165) is 0 Å². The Kier molecular flexibility index (Phi) is 4.64. The largest absolute Gasteiger partial charge is 0.481 e. The highest BCUT2D eigenvalue weighted by Gasteiger charge is 2.63. The fourth-order valence-electron chi connectivity index (χ4n) is 1.84. The summed E-state index contributed by atoms with van der Waals surface area (Å²) in [5, 5.41) is 9.21. The maximum Gasteiger partial charge on any atom is 0.309 e. The number of hydrogen-bond donors (Lipinski definition) is 1. The minimum atomic E-state index is -1.73. The third kappa shape index (κ3) is 4.02. The predicted molar refractivity (Wildman–Crippen MR) is 81.6 cm³/mol. The van der Waals surface area contributed by atoms with Gasteiger partial charge in [-0.15, -0.1) is 0 Å². The monoisotopic (exact) mass is 450 g/mol. The average molecular weight is 453 g/mol. The number of rotatable bonds is 4. The molecule has 0 aliphatic heterocycles. The molecule has 100 valence electrons. The molecule has 0 radical (unpaired) electrons. The molecule has 1 N–H and O–H groups in total. The molecular formula is C10H17Br3O3Si. The molecule has 0 amide bonds. The quantitative estimate of drug-likeness (QED) is 0.514. The van der Waals surface area contributed by atoms with Crippen LogP contribution in [0.15, 0.2) is 0 Å². The fourth-order valence-corrected chi connectivity index (χ4v) is 4.70. The van der Waals surface area contributed by atoms with Crippen LogP contribution in [0, 0.1) is 11.3 Å². The van der Waals surface area contributed by atoms with E-state index in [2.05, 4.69) is 67.4 Å². The van der Waals surface area contributed by atoms with E-state index in [9.17, 15) is 9.90 Å². The molecule has 1 fully saturated rings. The Morgan fingerprint density at radius 2 is 1.94 bits per heavy atom. The molecule has 1 rings (SSSR count). The highest BCUT2D eigenvalue weighted by Crippen LogP contribution is 2.60. The zero-order valence-corrected chi connectivity index (χ0v) is 16.0. The third-order valence-corrected chi connectivity index (χ3v) is 5.27. The topological polar surface area (TPSA) is 46.5 Å². The summed E-state index contributed by atoms with van der Waals surface area (Å²) in [5.74, 6) is -0.728. The van der Waals surface area contributed by atoms with Gasteiger partial charge in [-0.2, -0.15) is 0 Å². The van der Waals surface area contributed by atoms with E-state index in [4.69, 9.17) is 4.43 Å². The van der Waals surface area contributed by atoms with Gasteiger partial charge < -0.3 is 9.53 Å². The number of carboxylic acid groups (broad SMARTS) is 1. The minimum absolute atomic E-state index is 0.0184. The molecule has 7 heteroatoms. The normalized spacial score (nSPS) is 31.1. The van der Waals surface area contributed by atoms with Gasteiger partial charge in [-0.25, -0.2) is 0 Å². The number of halogens is 3. The summed E-state index contributed by atoms with van der Waals surface area (Å²) in [6.45, 7) is 8.07. The lowest BCUT2D eigenvalue weighted by Crippen LogP contribution is -2.41. The summed E-state index contributed by atoms with van der Waals surface area (Å²) >= 11 is 10.4. The molecule has 1 saturated carbocycles. The number of carboxylic acids is 1. The Balaban J connectivity index is 2.86. The first kappa shape index (κ1) is 16.1. The summed E-state index contributed by atoms with van der Waals surface area (Å²) in [4.78, 5) is 11.2. The lowest BCUT2D eigenvalue weighted by molar-refractivity contribution is -0.143. The molecule has 0 spiro atoms. The van der Waals surface area contributed by atoms with Crippen LogP contribution < -0.4 is 0 Å². The van der Waals surface area contributed by atoms with E-state index in [0.29, 0.717) is 6.42 Å². The zero-order valence-electron chi connectivity index (χ0n) is 10.3. The van der Waals surface area contributed by atoms with Gasteiger partial charge in [0.05, 0.1) is 11.5 Å². The van der Waals surface area contributed by atoms with Crippen LogP contribution in [0.25, 0.3) is 0 Å². The first-order valence-corrected chi connectivity index (χ1v) is 11.1. The van der Waals surface area contributed by atoms with Crippen molar-refractivity contribution >= 4 is 62.1 Å². The molecule has 1 aliphatic carbocycles. The van der Waals surface area contributed by atoms with Gasteiger partial charge >= 0.3 is 5.97 Å². The Morgan fingerprint density at radius 3 is 2.18 bits per heavy atom. The van der Waals surface area contributed by atoms with Crippen molar-refractivity contribution in [3.05, 3.63) is 0 Å². The lowest BCUT2D eigenvalue weighted by Gasteiger charge is -2.33. The number of hydrogen-bond acceptors (Lipinski definition) is 2. The molecule has 0 aromatic rings. The summed E-state index contributed by atoms with van der Waals surface area (Å²) in [6, 6.07) is 0. The van der Waals surface area contributed by atoms with Crippen molar-refractivity contribution in [3.63, 3.8) is 0 Å². The van der Waals surface area contributed by atoms with Gasteiger partial charge in [-0.1, -0.05) is 47.8 Å². The van der Waals surface area contributed by atoms with Crippen molar-refractivity contribution in [1.82, 2.24) is 0 Å².